The third-order valence-corrected chi connectivity index (χ3v) is 4.44. The number of nitrogens with one attached hydrogen (secondary N) is 1. The molecule has 0 aliphatic heterocycles. The number of carbonyl (C=O) groups is 1. The maximum Gasteiger partial charge on any atom is 0.171 e. The number of aromatic nitrogens is 3. The molecule has 0 saturated heterocycles. The summed E-state index contributed by atoms with van der Waals surface area (Å²) in [5.74, 6) is -1.65. The van der Waals surface area contributed by atoms with Crippen molar-refractivity contribution in [2.45, 2.75) is 6.42 Å². The molecule has 3 aromatic heterocycles. The molecule has 0 spiro atoms. The summed E-state index contributed by atoms with van der Waals surface area (Å²) in [6.07, 6.45) is 7.32. The maximum absolute atomic E-state index is 14.7. The number of carbonyl (C=O) groups excluding carboxylic acids is 1. The zero-order chi connectivity index (χ0) is 19.5. The van der Waals surface area contributed by atoms with Gasteiger partial charge in [-0.1, -0.05) is 6.07 Å². The average molecular weight is 379 g/mol. The van der Waals surface area contributed by atoms with Crippen LogP contribution in [0, 0.1) is 11.6 Å². The zero-order valence-electron chi connectivity index (χ0n) is 14.7. The van der Waals surface area contributed by atoms with Crippen molar-refractivity contribution >= 4 is 17.3 Å². The second kappa shape index (κ2) is 7.56. The van der Waals surface area contributed by atoms with Gasteiger partial charge in [-0.15, -0.1) is 0 Å². The van der Waals surface area contributed by atoms with Crippen LogP contribution < -0.4 is 4.74 Å². The molecule has 0 unspecified atom stereocenters. The summed E-state index contributed by atoms with van der Waals surface area (Å²) in [4.78, 5) is 22.0. The van der Waals surface area contributed by atoms with Crippen LogP contribution in [0.1, 0.15) is 11.1 Å². The lowest BCUT2D eigenvalue weighted by Gasteiger charge is -2.10. The number of fused-ring (bicyclic) bond motifs is 1. The Morgan fingerprint density at radius 2 is 2.04 bits per heavy atom. The average Bonchev–Trinajstić information content (AvgIpc) is 3.13. The lowest BCUT2D eigenvalue weighted by Crippen LogP contribution is -2.04. The molecular formula is C21H15F2N3O2. The summed E-state index contributed by atoms with van der Waals surface area (Å²) in [6.45, 7) is -0.298. The van der Waals surface area contributed by atoms with E-state index in [4.69, 9.17) is 4.74 Å². The van der Waals surface area contributed by atoms with E-state index >= 15 is 0 Å². The summed E-state index contributed by atoms with van der Waals surface area (Å²) >= 11 is 0. The first-order valence-electron chi connectivity index (χ1n) is 8.57. The Kier molecular flexibility index (Phi) is 4.80. The van der Waals surface area contributed by atoms with E-state index in [0.717, 1.165) is 22.6 Å². The number of ether oxygens (including phenoxy) is 1. The molecule has 0 amide bonds. The van der Waals surface area contributed by atoms with E-state index in [1.165, 1.54) is 6.07 Å². The highest BCUT2D eigenvalue weighted by Gasteiger charge is 2.17. The van der Waals surface area contributed by atoms with Crippen LogP contribution in [0.4, 0.5) is 8.78 Å². The van der Waals surface area contributed by atoms with Gasteiger partial charge in [0.25, 0.3) is 0 Å². The van der Waals surface area contributed by atoms with Gasteiger partial charge in [0, 0.05) is 53.3 Å². The summed E-state index contributed by atoms with van der Waals surface area (Å²) < 4.78 is 34.0. The van der Waals surface area contributed by atoms with Crippen LogP contribution in [0.25, 0.3) is 22.2 Å². The van der Waals surface area contributed by atoms with Gasteiger partial charge >= 0.3 is 0 Å². The minimum atomic E-state index is -0.812. The van der Waals surface area contributed by atoms with E-state index in [-0.39, 0.29) is 24.3 Å². The predicted molar refractivity (Wildman–Crippen MR) is 100 cm³/mol. The number of benzene rings is 1. The molecule has 1 N–H and O–H groups in total. The molecule has 0 radical (unpaired) electrons. The molecule has 0 aliphatic rings. The van der Waals surface area contributed by atoms with Crippen molar-refractivity contribution in [2.24, 2.45) is 0 Å². The summed E-state index contributed by atoms with van der Waals surface area (Å²) in [5, 5.41) is 0.763. The SMILES string of the molecule is O=CCOc1ccc(F)c(Cc2c[nH]c3ncc(-c4cccnc4)cc23)c1F. The normalized spacial score (nSPS) is 10.9. The molecule has 7 heteroatoms. The van der Waals surface area contributed by atoms with Crippen molar-refractivity contribution in [3.63, 3.8) is 0 Å². The lowest BCUT2D eigenvalue weighted by atomic mass is 10.0. The molecule has 5 nitrogen and oxygen atoms in total. The third kappa shape index (κ3) is 3.34. The monoisotopic (exact) mass is 379 g/mol. The Bertz CT molecular complexity index is 1140. The molecule has 0 atom stereocenters. The largest absolute Gasteiger partial charge is 0.483 e. The van der Waals surface area contributed by atoms with Crippen LogP contribution in [-0.4, -0.2) is 27.8 Å². The molecule has 140 valence electrons. The van der Waals surface area contributed by atoms with E-state index in [2.05, 4.69) is 15.0 Å². The van der Waals surface area contributed by atoms with Crippen molar-refractivity contribution in [2.75, 3.05) is 6.61 Å². The third-order valence-electron chi connectivity index (χ3n) is 4.44. The number of hydrogen-bond acceptors (Lipinski definition) is 4. The van der Waals surface area contributed by atoms with Crippen LogP contribution in [0.2, 0.25) is 0 Å². The Morgan fingerprint density at radius 3 is 2.82 bits per heavy atom. The van der Waals surface area contributed by atoms with Crippen molar-refractivity contribution in [3.05, 3.63) is 77.9 Å². The number of aromatic amines is 1. The minimum absolute atomic E-state index is 0.00806. The Hall–Kier alpha value is -3.61. The molecular weight excluding hydrogens is 364 g/mol. The molecule has 4 rings (SSSR count). The zero-order valence-corrected chi connectivity index (χ0v) is 14.7. The number of aldehydes is 1. The van der Waals surface area contributed by atoms with Gasteiger partial charge in [0.2, 0.25) is 0 Å². The van der Waals surface area contributed by atoms with E-state index < -0.39 is 11.6 Å². The smallest absolute Gasteiger partial charge is 0.171 e. The van der Waals surface area contributed by atoms with Crippen LogP contribution in [0.3, 0.4) is 0 Å². The first-order valence-corrected chi connectivity index (χ1v) is 8.57. The van der Waals surface area contributed by atoms with E-state index in [1.807, 2.05) is 18.2 Å². The highest BCUT2D eigenvalue weighted by atomic mass is 19.1. The fraction of sp³-hybridized carbons (Fsp3) is 0.0952. The number of nitrogens with zero attached hydrogens (tertiary/aromatic N) is 2. The van der Waals surface area contributed by atoms with Crippen LogP contribution in [-0.2, 0) is 11.2 Å². The highest BCUT2D eigenvalue weighted by Crippen LogP contribution is 2.29. The summed E-state index contributed by atoms with van der Waals surface area (Å²) in [6, 6.07) is 7.96. The van der Waals surface area contributed by atoms with Gasteiger partial charge in [-0.05, 0) is 29.8 Å². The fourth-order valence-corrected chi connectivity index (χ4v) is 3.06. The minimum Gasteiger partial charge on any atom is -0.483 e. The maximum atomic E-state index is 14.7. The standard InChI is InChI=1S/C21H15F2N3O2/c22-18-3-4-19(28-7-6-27)20(23)17(18)9-15-12-26-21-16(15)8-14(11-25-21)13-2-1-5-24-10-13/h1-6,8,10-12H,7,9H2,(H,25,26). The second-order valence-electron chi connectivity index (χ2n) is 6.17. The van der Waals surface area contributed by atoms with Gasteiger partial charge < -0.3 is 9.72 Å². The van der Waals surface area contributed by atoms with Crippen LogP contribution >= 0.6 is 0 Å². The first-order chi connectivity index (χ1) is 13.7. The summed E-state index contributed by atoms with van der Waals surface area (Å²) in [7, 11) is 0. The fourth-order valence-electron chi connectivity index (χ4n) is 3.06. The van der Waals surface area contributed by atoms with Gasteiger partial charge in [0.05, 0.1) is 0 Å². The van der Waals surface area contributed by atoms with E-state index in [0.29, 0.717) is 17.5 Å². The van der Waals surface area contributed by atoms with Gasteiger partial charge in [-0.3, -0.25) is 9.78 Å². The molecule has 0 aliphatic carbocycles. The Labute approximate surface area is 159 Å². The Balaban J connectivity index is 1.73. The molecule has 3 heterocycles. The first kappa shape index (κ1) is 17.8. The van der Waals surface area contributed by atoms with Gasteiger partial charge in [0.1, 0.15) is 18.1 Å². The van der Waals surface area contributed by atoms with Crippen molar-refractivity contribution in [3.8, 4) is 16.9 Å². The predicted octanol–water partition coefficient (Wildman–Crippen LogP) is 4.07. The quantitative estimate of drug-likeness (QED) is 0.513. The lowest BCUT2D eigenvalue weighted by molar-refractivity contribution is -0.109. The topological polar surface area (TPSA) is 67.9 Å². The number of hydrogen-bond donors (Lipinski definition) is 1. The second-order valence-corrected chi connectivity index (χ2v) is 6.17. The molecule has 0 fully saturated rings. The molecule has 1 aromatic carbocycles. The highest BCUT2D eigenvalue weighted by molar-refractivity contribution is 5.84. The Morgan fingerprint density at radius 1 is 1.14 bits per heavy atom. The number of halogens is 2. The van der Waals surface area contributed by atoms with Gasteiger partial charge in [-0.2, -0.15) is 0 Å². The van der Waals surface area contributed by atoms with Gasteiger partial charge in [-0.25, -0.2) is 13.8 Å². The van der Waals surface area contributed by atoms with Crippen molar-refractivity contribution < 1.29 is 18.3 Å². The number of H-pyrrole nitrogens is 1. The molecule has 0 bridgehead atoms. The van der Waals surface area contributed by atoms with Crippen LogP contribution in [0.5, 0.6) is 5.75 Å². The number of pyridine rings is 2. The van der Waals surface area contributed by atoms with E-state index in [9.17, 15) is 13.6 Å². The van der Waals surface area contributed by atoms with Gasteiger partial charge in [0.15, 0.2) is 17.9 Å². The van der Waals surface area contributed by atoms with Crippen molar-refractivity contribution in [1.82, 2.24) is 15.0 Å². The van der Waals surface area contributed by atoms with Crippen LogP contribution in [0.15, 0.2) is 55.1 Å². The molecule has 4 aromatic rings. The number of rotatable bonds is 6. The van der Waals surface area contributed by atoms with E-state index in [1.54, 1.807) is 24.8 Å². The molecule has 28 heavy (non-hydrogen) atoms. The van der Waals surface area contributed by atoms with Crippen molar-refractivity contribution in [1.29, 1.82) is 0 Å². The molecule has 0 saturated carbocycles. The summed E-state index contributed by atoms with van der Waals surface area (Å²) in [5.41, 5.74) is 2.93.